The zero-order valence-electron chi connectivity index (χ0n) is 15.8. The number of halogens is 1. The van der Waals surface area contributed by atoms with Gasteiger partial charge in [0.25, 0.3) is 0 Å². The van der Waals surface area contributed by atoms with Crippen molar-refractivity contribution in [2.24, 2.45) is 0 Å². The molecule has 2 aromatic rings. The largest absolute Gasteiger partial charge is 0.462 e. The lowest BCUT2D eigenvalue weighted by molar-refractivity contribution is -0.151. The zero-order valence-corrected chi connectivity index (χ0v) is 17.4. The van der Waals surface area contributed by atoms with Crippen LogP contribution in [0.1, 0.15) is 37.5 Å². The Balaban J connectivity index is 2.36. The summed E-state index contributed by atoms with van der Waals surface area (Å²) in [6.07, 6.45) is 0. The predicted molar refractivity (Wildman–Crippen MR) is 107 cm³/mol. The van der Waals surface area contributed by atoms with Crippen molar-refractivity contribution in [3.63, 3.8) is 0 Å². The van der Waals surface area contributed by atoms with Crippen molar-refractivity contribution in [3.05, 3.63) is 63.6 Å². The number of esters is 1. The summed E-state index contributed by atoms with van der Waals surface area (Å²) in [4.78, 5) is 25.8. The van der Waals surface area contributed by atoms with E-state index in [1.165, 1.54) is 17.6 Å². The summed E-state index contributed by atoms with van der Waals surface area (Å²) in [5, 5.41) is 0. The molecule has 0 atom stereocenters. The fourth-order valence-electron chi connectivity index (χ4n) is 2.52. The van der Waals surface area contributed by atoms with Crippen LogP contribution in [-0.2, 0) is 26.3 Å². The lowest BCUT2D eigenvalue weighted by Gasteiger charge is -2.23. The third-order valence-electron chi connectivity index (χ3n) is 4.23. The lowest BCUT2D eigenvalue weighted by atomic mass is 9.87. The first-order chi connectivity index (χ1) is 12.1. The molecule has 0 aliphatic rings. The standard InChI is InChI=1S/C21H24BrNO3/c1-14-6-11-17(12-18(14)22)23(19(24)20(25)26-5)13-15-7-9-16(10-8-15)21(2,3)4/h6-12H,13H2,1-5H3. The van der Waals surface area contributed by atoms with Crippen molar-refractivity contribution in [1.29, 1.82) is 0 Å². The molecule has 0 aliphatic carbocycles. The maximum Gasteiger partial charge on any atom is 0.397 e. The van der Waals surface area contributed by atoms with E-state index in [1.54, 1.807) is 0 Å². The number of hydrogen-bond donors (Lipinski definition) is 0. The van der Waals surface area contributed by atoms with E-state index in [1.807, 2.05) is 37.3 Å². The number of amides is 1. The second kappa shape index (κ2) is 8.04. The van der Waals surface area contributed by atoms with Gasteiger partial charge in [-0.2, -0.15) is 0 Å². The topological polar surface area (TPSA) is 46.6 Å². The molecule has 0 bridgehead atoms. The molecule has 0 spiro atoms. The van der Waals surface area contributed by atoms with Gasteiger partial charge in [0.1, 0.15) is 0 Å². The van der Waals surface area contributed by atoms with Crippen molar-refractivity contribution < 1.29 is 14.3 Å². The predicted octanol–water partition coefficient (Wildman–Crippen LogP) is 4.76. The van der Waals surface area contributed by atoms with E-state index in [2.05, 4.69) is 53.6 Å². The molecule has 0 aliphatic heterocycles. The highest BCUT2D eigenvalue weighted by Crippen LogP contribution is 2.26. The van der Waals surface area contributed by atoms with Gasteiger partial charge in [-0.1, -0.05) is 67.0 Å². The summed E-state index contributed by atoms with van der Waals surface area (Å²) in [5.41, 5.74) is 3.89. The molecule has 138 valence electrons. The summed E-state index contributed by atoms with van der Waals surface area (Å²) in [6, 6.07) is 13.6. The van der Waals surface area contributed by atoms with Crippen LogP contribution in [0.4, 0.5) is 5.69 Å². The molecule has 0 radical (unpaired) electrons. The van der Waals surface area contributed by atoms with Crippen molar-refractivity contribution in [2.75, 3.05) is 12.0 Å². The molecule has 0 fully saturated rings. The smallest absolute Gasteiger partial charge is 0.397 e. The van der Waals surface area contributed by atoms with Gasteiger partial charge in [-0.3, -0.25) is 9.69 Å². The molecule has 4 nitrogen and oxygen atoms in total. The van der Waals surface area contributed by atoms with Crippen molar-refractivity contribution >= 4 is 33.5 Å². The maximum absolute atomic E-state index is 12.5. The van der Waals surface area contributed by atoms with Crippen molar-refractivity contribution in [1.82, 2.24) is 0 Å². The Hall–Kier alpha value is -2.14. The molecular weight excluding hydrogens is 394 g/mol. The number of benzene rings is 2. The number of carbonyl (C=O) groups is 2. The highest BCUT2D eigenvalue weighted by molar-refractivity contribution is 9.10. The van der Waals surface area contributed by atoms with E-state index < -0.39 is 11.9 Å². The molecule has 0 saturated carbocycles. The molecule has 26 heavy (non-hydrogen) atoms. The van der Waals surface area contributed by atoms with Gasteiger partial charge in [-0.05, 0) is 41.2 Å². The van der Waals surface area contributed by atoms with E-state index >= 15 is 0 Å². The second-order valence-electron chi connectivity index (χ2n) is 7.26. The van der Waals surface area contributed by atoms with Crippen molar-refractivity contribution in [3.8, 4) is 0 Å². The zero-order chi connectivity index (χ0) is 19.5. The SMILES string of the molecule is COC(=O)C(=O)N(Cc1ccc(C(C)(C)C)cc1)c1ccc(C)c(Br)c1. The van der Waals surface area contributed by atoms with Crippen LogP contribution >= 0.6 is 15.9 Å². The molecule has 2 rings (SSSR count). The summed E-state index contributed by atoms with van der Waals surface area (Å²) in [7, 11) is 1.21. The van der Waals surface area contributed by atoms with Gasteiger partial charge in [0, 0.05) is 10.2 Å². The Labute approximate surface area is 163 Å². The summed E-state index contributed by atoms with van der Waals surface area (Å²) in [6.45, 7) is 8.70. The van der Waals surface area contributed by atoms with E-state index in [4.69, 9.17) is 0 Å². The number of hydrogen-bond acceptors (Lipinski definition) is 3. The number of nitrogens with zero attached hydrogens (tertiary/aromatic N) is 1. The fraction of sp³-hybridized carbons (Fsp3) is 0.333. The minimum absolute atomic E-state index is 0.0574. The Kier molecular flexibility index (Phi) is 6.24. The van der Waals surface area contributed by atoms with E-state index in [9.17, 15) is 9.59 Å². The monoisotopic (exact) mass is 417 g/mol. The van der Waals surface area contributed by atoms with Crippen LogP contribution in [0.25, 0.3) is 0 Å². The number of aryl methyl sites for hydroxylation is 1. The Morgan fingerprint density at radius 1 is 1.08 bits per heavy atom. The third kappa shape index (κ3) is 4.73. The Bertz CT molecular complexity index is 807. The number of methoxy groups -OCH3 is 1. The molecule has 0 unspecified atom stereocenters. The maximum atomic E-state index is 12.5. The van der Waals surface area contributed by atoms with Crippen LogP contribution in [0.2, 0.25) is 0 Å². The Morgan fingerprint density at radius 2 is 1.69 bits per heavy atom. The summed E-state index contributed by atoms with van der Waals surface area (Å²) < 4.78 is 5.50. The van der Waals surface area contributed by atoms with Crippen LogP contribution in [-0.4, -0.2) is 19.0 Å². The average Bonchev–Trinajstić information content (AvgIpc) is 2.60. The molecule has 2 aromatic carbocycles. The van der Waals surface area contributed by atoms with Crippen LogP contribution < -0.4 is 4.90 Å². The van der Waals surface area contributed by atoms with Crippen LogP contribution in [0, 0.1) is 6.92 Å². The van der Waals surface area contributed by atoms with Gasteiger partial charge >= 0.3 is 11.9 Å². The van der Waals surface area contributed by atoms with E-state index in [0.29, 0.717) is 5.69 Å². The van der Waals surface area contributed by atoms with Gasteiger partial charge in [0.15, 0.2) is 0 Å². The minimum Gasteiger partial charge on any atom is -0.462 e. The van der Waals surface area contributed by atoms with E-state index in [0.717, 1.165) is 15.6 Å². The van der Waals surface area contributed by atoms with Gasteiger partial charge in [0.05, 0.1) is 13.7 Å². The van der Waals surface area contributed by atoms with Gasteiger partial charge < -0.3 is 4.74 Å². The van der Waals surface area contributed by atoms with Gasteiger partial charge in [-0.25, -0.2) is 4.79 Å². The summed E-state index contributed by atoms with van der Waals surface area (Å²) >= 11 is 3.48. The molecular formula is C21H24BrNO3. The summed E-state index contributed by atoms with van der Waals surface area (Å²) in [5.74, 6) is -1.57. The molecule has 5 heteroatoms. The molecule has 0 heterocycles. The first kappa shape index (κ1) is 20.2. The fourth-order valence-corrected chi connectivity index (χ4v) is 2.89. The quantitative estimate of drug-likeness (QED) is 0.533. The normalized spacial score (nSPS) is 11.2. The average molecular weight is 418 g/mol. The highest BCUT2D eigenvalue weighted by atomic mass is 79.9. The molecule has 1 amide bonds. The Morgan fingerprint density at radius 3 is 2.19 bits per heavy atom. The van der Waals surface area contributed by atoms with Crippen LogP contribution in [0.15, 0.2) is 46.9 Å². The van der Waals surface area contributed by atoms with Crippen LogP contribution in [0.3, 0.4) is 0 Å². The lowest BCUT2D eigenvalue weighted by Crippen LogP contribution is -2.37. The van der Waals surface area contributed by atoms with Gasteiger partial charge in [0.2, 0.25) is 0 Å². The second-order valence-corrected chi connectivity index (χ2v) is 8.12. The first-order valence-electron chi connectivity index (χ1n) is 8.39. The first-order valence-corrected chi connectivity index (χ1v) is 9.18. The van der Waals surface area contributed by atoms with Crippen LogP contribution in [0.5, 0.6) is 0 Å². The number of rotatable bonds is 3. The number of ether oxygens (including phenoxy) is 1. The van der Waals surface area contributed by atoms with Crippen molar-refractivity contribution in [2.45, 2.75) is 39.7 Å². The highest BCUT2D eigenvalue weighted by Gasteiger charge is 2.25. The molecule has 0 saturated heterocycles. The van der Waals surface area contributed by atoms with E-state index in [-0.39, 0.29) is 12.0 Å². The number of anilines is 1. The molecule has 0 aromatic heterocycles. The minimum atomic E-state index is -0.881. The number of carbonyl (C=O) groups excluding carboxylic acids is 2. The molecule has 0 N–H and O–H groups in total. The van der Waals surface area contributed by atoms with Gasteiger partial charge in [-0.15, -0.1) is 0 Å². The third-order valence-corrected chi connectivity index (χ3v) is 5.09.